The maximum absolute atomic E-state index is 11.5. The summed E-state index contributed by atoms with van der Waals surface area (Å²) in [6.45, 7) is 4.85. The molecule has 1 N–H and O–H groups in total. The number of nitrogens with zero attached hydrogens (tertiary/aromatic N) is 3. The SMILES string of the molecule is COC(C)COc1cc(-c2cn(C)c3cnc(NC(C)=O)cc23)nc(C2(OC)CCOC2)c1. The quantitative estimate of drug-likeness (QED) is 0.558. The zero-order valence-electron chi connectivity index (χ0n) is 19.7. The smallest absolute Gasteiger partial charge is 0.222 e. The average molecular weight is 455 g/mol. The van der Waals surface area contributed by atoms with Gasteiger partial charge in [0.05, 0.1) is 35.8 Å². The number of anilines is 1. The molecule has 1 fully saturated rings. The zero-order valence-corrected chi connectivity index (χ0v) is 19.7. The number of pyridine rings is 2. The monoisotopic (exact) mass is 454 g/mol. The molecule has 33 heavy (non-hydrogen) atoms. The second kappa shape index (κ2) is 9.46. The highest BCUT2D eigenvalue weighted by atomic mass is 16.6. The van der Waals surface area contributed by atoms with E-state index in [1.807, 2.05) is 42.9 Å². The van der Waals surface area contributed by atoms with Crippen LogP contribution in [0.2, 0.25) is 0 Å². The molecule has 0 aliphatic carbocycles. The third-order valence-corrected chi connectivity index (χ3v) is 5.98. The molecule has 1 aliphatic heterocycles. The lowest BCUT2D eigenvalue weighted by Gasteiger charge is -2.26. The van der Waals surface area contributed by atoms with Crippen molar-refractivity contribution in [2.24, 2.45) is 7.05 Å². The average Bonchev–Trinajstić information content (AvgIpc) is 3.42. The molecule has 9 nitrogen and oxygen atoms in total. The van der Waals surface area contributed by atoms with Crippen LogP contribution in [-0.2, 0) is 31.7 Å². The van der Waals surface area contributed by atoms with Gasteiger partial charge in [0.2, 0.25) is 5.91 Å². The van der Waals surface area contributed by atoms with Crippen LogP contribution in [-0.4, -0.2) is 60.6 Å². The number of fused-ring (bicyclic) bond motifs is 1. The van der Waals surface area contributed by atoms with E-state index >= 15 is 0 Å². The number of rotatable bonds is 8. The number of nitrogens with one attached hydrogen (secondary N) is 1. The third-order valence-electron chi connectivity index (χ3n) is 5.98. The molecule has 1 amide bonds. The van der Waals surface area contributed by atoms with E-state index in [4.69, 9.17) is 23.9 Å². The molecule has 1 aliphatic rings. The molecule has 3 aromatic rings. The Bertz CT molecular complexity index is 1150. The lowest BCUT2D eigenvalue weighted by atomic mass is 9.96. The van der Waals surface area contributed by atoms with Crippen LogP contribution >= 0.6 is 0 Å². The van der Waals surface area contributed by atoms with Crippen LogP contribution in [0.3, 0.4) is 0 Å². The Morgan fingerprint density at radius 1 is 1.33 bits per heavy atom. The van der Waals surface area contributed by atoms with Crippen LogP contribution in [0.5, 0.6) is 5.75 Å². The van der Waals surface area contributed by atoms with Gasteiger partial charge < -0.3 is 28.8 Å². The van der Waals surface area contributed by atoms with Crippen LogP contribution in [0.4, 0.5) is 5.82 Å². The fraction of sp³-hybridized carbons (Fsp3) is 0.458. The predicted molar refractivity (Wildman–Crippen MR) is 124 cm³/mol. The molecule has 1 saturated heterocycles. The Morgan fingerprint density at radius 3 is 2.82 bits per heavy atom. The van der Waals surface area contributed by atoms with Crippen molar-refractivity contribution in [1.82, 2.24) is 14.5 Å². The summed E-state index contributed by atoms with van der Waals surface area (Å²) < 4.78 is 24.9. The van der Waals surface area contributed by atoms with Gasteiger partial charge in [-0.2, -0.15) is 0 Å². The lowest BCUT2D eigenvalue weighted by molar-refractivity contribution is -0.114. The molecule has 4 heterocycles. The first-order valence-corrected chi connectivity index (χ1v) is 10.9. The molecule has 9 heteroatoms. The van der Waals surface area contributed by atoms with Crippen molar-refractivity contribution >= 4 is 22.6 Å². The maximum atomic E-state index is 11.5. The van der Waals surface area contributed by atoms with Gasteiger partial charge in [-0.05, 0) is 13.0 Å². The standard InChI is InChI=1S/C24H30N4O5/c1-15(30-4)13-33-17-8-20(27-22(9-17)24(31-5)6-7-32-14-24)19-12-28(3)21-11-25-23(10-18(19)21)26-16(2)29/h8-12,15H,6-7,13-14H2,1-5H3,(H,25,26,29). The molecule has 4 rings (SSSR count). The summed E-state index contributed by atoms with van der Waals surface area (Å²) in [6.07, 6.45) is 4.40. The molecule has 2 unspecified atom stereocenters. The summed E-state index contributed by atoms with van der Waals surface area (Å²) in [5.41, 5.74) is 2.69. The minimum Gasteiger partial charge on any atom is -0.491 e. The molecule has 176 valence electrons. The molecule has 0 aromatic carbocycles. The van der Waals surface area contributed by atoms with Gasteiger partial charge in [-0.15, -0.1) is 0 Å². The molecule has 0 spiro atoms. The zero-order chi connectivity index (χ0) is 23.6. The van der Waals surface area contributed by atoms with Gasteiger partial charge in [0.15, 0.2) is 0 Å². The number of carbonyl (C=O) groups is 1. The van der Waals surface area contributed by atoms with Crippen molar-refractivity contribution in [1.29, 1.82) is 0 Å². The summed E-state index contributed by atoms with van der Waals surface area (Å²) in [6, 6.07) is 5.69. The highest BCUT2D eigenvalue weighted by molar-refractivity contribution is 5.98. The van der Waals surface area contributed by atoms with E-state index in [9.17, 15) is 4.79 Å². The van der Waals surface area contributed by atoms with Crippen LogP contribution < -0.4 is 10.1 Å². The fourth-order valence-corrected chi connectivity index (χ4v) is 3.99. The fourth-order valence-electron chi connectivity index (χ4n) is 3.99. The summed E-state index contributed by atoms with van der Waals surface area (Å²) in [5, 5.41) is 3.67. The number of hydrogen-bond donors (Lipinski definition) is 1. The van der Waals surface area contributed by atoms with Crippen molar-refractivity contribution in [3.05, 3.63) is 36.3 Å². The minimum absolute atomic E-state index is 0.0555. The van der Waals surface area contributed by atoms with Crippen molar-refractivity contribution in [2.45, 2.75) is 32.0 Å². The maximum Gasteiger partial charge on any atom is 0.222 e. The van der Waals surface area contributed by atoms with Crippen LogP contribution in [0.15, 0.2) is 30.6 Å². The number of ether oxygens (including phenoxy) is 4. The Hall–Kier alpha value is -3.01. The Morgan fingerprint density at radius 2 is 2.15 bits per heavy atom. The van der Waals surface area contributed by atoms with Crippen molar-refractivity contribution < 1.29 is 23.7 Å². The van der Waals surface area contributed by atoms with Gasteiger partial charge >= 0.3 is 0 Å². The first-order valence-electron chi connectivity index (χ1n) is 10.9. The van der Waals surface area contributed by atoms with Crippen molar-refractivity contribution in [3.8, 4) is 17.0 Å². The van der Waals surface area contributed by atoms with Crippen LogP contribution in [0.1, 0.15) is 26.0 Å². The van der Waals surface area contributed by atoms with E-state index in [1.54, 1.807) is 20.4 Å². The topological polar surface area (TPSA) is 96.7 Å². The number of carbonyl (C=O) groups excluding carboxylic acids is 1. The lowest BCUT2D eigenvalue weighted by Crippen LogP contribution is -2.30. The van der Waals surface area contributed by atoms with Gasteiger partial charge in [-0.1, -0.05) is 0 Å². The number of hydrogen-bond acceptors (Lipinski definition) is 7. The largest absolute Gasteiger partial charge is 0.491 e. The first-order chi connectivity index (χ1) is 15.8. The molecular formula is C24H30N4O5. The normalized spacial score (nSPS) is 19.1. The molecule has 2 atom stereocenters. The Kier molecular flexibility index (Phi) is 6.64. The van der Waals surface area contributed by atoms with Crippen molar-refractivity contribution in [3.63, 3.8) is 0 Å². The van der Waals surface area contributed by atoms with E-state index < -0.39 is 5.60 Å². The molecule has 0 bridgehead atoms. The highest BCUT2D eigenvalue weighted by Crippen LogP contribution is 2.38. The van der Waals surface area contributed by atoms with Gasteiger partial charge in [0.25, 0.3) is 0 Å². The summed E-state index contributed by atoms with van der Waals surface area (Å²) in [5.74, 6) is 0.989. The Labute approximate surface area is 193 Å². The summed E-state index contributed by atoms with van der Waals surface area (Å²) >= 11 is 0. The molecular weight excluding hydrogens is 424 g/mol. The molecule has 3 aromatic heterocycles. The van der Waals surface area contributed by atoms with Gasteiger partial charge in [0, 0.05) is 70.5 Å². The van der Waals surface area contributed by atoms with Crippen LogP contribution in [0, 0.1) is 0 Å². The summed E-state index contributed by atoms with van der Waals surface area (Å²) in [7, 11) is 5.29. The van der Waals surface area contributed by atoms with Gasteiger partial charge in [-0.25, -0.2) is 9.97 Å². The van der Waals surface area contributed by atoms with Crippen molar-refractivity contribution in [2.75, 3.05) is 39.4 Å². The predicted octanol–water partition coefficient (Wildman–Crippen LogP) is 3.27. The van der Waals surface area contributed by atoms with E-state index in [0.717, 1.165) is 27.9 Å². The van der Waals surface area contributed by atoms with E-state index in [2.05, 4.69) is 10.3 Å². The number of aromatic nitrogens is 3. The van der Waals surface area contributed by atoms with Gasteiger partial charge in [-0.3, -0.25) is 4.79 Å². The number of methoxy groups -OCH3 is 2. The minimum atomic E-state index is -0.630. The second-order valence-corrected chi connectivity index (χ2v) is 8.35. The highest BCUT2D eigenvalue weighted by Gasteiger charge is 2.39. The van der Waals surface area contributed by atoms with E-state index in [0.29, 0.717) is 37.8 Å². The van der Waals surface area contributed by atoms with Gasteiger partial charge in [0.1, 0.15) is 23.8 Å². The molecule has 0 saturated carbocycles. The van der Waals surface area contributed by atoms with Crippen LogP contribution in [0.25, 0.3) is 22.2 Å². The van der Waals surface area contributed by atoms with E-state index in [1.165, 1.54) is 6.92 Å². The number of aryl methyl sites for hydroxylation is 1. The number of amides is 1. The van der Waals surface area contributed by atoms with E-state index in [-0.39, 0.29) is 12.0 Å². The Balaban J connectivity index is 1.84. The molecule has 0 radical (unpaired) electrons. The third kappa shape index (κ3) is 4.71. The first kappa shape index (κ1) is 23.2. The summed E-state index contributed by atoms with van der Waals surface area (Å²) in [4.78, 5) is 20.9. The second-order valence-electron chi connectivity index (χ2n) is 8.35.